The predicted octanol–water partition coefficient (Wildman–Crippen LogP) is 2.99. The van der Waals surface area contributed by atoms with E-state index in [9.17, 15) is 18.3 Å². The van der Waals surface area contributed by atoms with Crippen LogP contribution < -0.4 is 0 Å². The molecule has 0 unspecified atom stereocenters. The summed E-state index contributed by atoms with van der Waals surface area (Å²) in [6, 6.07) is 12.1. The van der Waals surface area contributed by atoms with Gasteiger partial charge >= 0.3 is 5.97 Å². The summed E-state index contributed by atoms with van der Waals surface area (Å²) in [6.07, 6.45) is 2.08. The minimum atomic E-state index is -3.64. The van der Waals surface area contributed by atoms with E-state index in [0.29, 0.717) is 23.5 Å². The molecule has 1 aromatic carbocycles. The minimum Gasteiger partial charge on any atom is -0.481 e. The second kappa shape index (κ2) is 5.93. The second-order valence-corrected chi connectivity index (χ2v) is 9.86. The Balaban J connectivity index is 1.74. The zero-order chi connectivity index (χ0) is 17.7. The topological polar surface area (TPSA) is 74.7 Å². The summed E-state index contributed by atoms with van der Waals surface area (Å²) >= 11 is 1.18. The van der Waals surface area contributed by atoms with Gasteiger partial charge in [0.25, 0.3) is 10.0 Å². The smallest absolute Gasteiger partial charge is 0.311 e. The Kier molecular flexibility index (Phi) is 3.97. The Morgan fingerprint density at radius 1 is 1.20 bits per heavy atom. The van der Waals surface area contributed by atoms with E-state index in [4.69, 9.17) is 0 Å². The third-order valence-corrected chi connectivity index (χ3v) is 8.83. The number of carboxylic acid groups (broad SMARTS) is 1. The molecule has 1 aromatic heterocycles. The van der Waals surface area contributed by atoms with Crippen LogP contribution >= 0.6 is 11.3 Å². The lowest BCUT2D eigenvalue weighted by Gasteiger charge is -2.33. The van der Waals surface area contributed by atoms with Crippen LogP contribution in [0.4, 0.5) is 0 Å². The molecule has 0 saturated carbocycles. The van der Waals surface area contributed by atoms with Crippen molar-refractivity contribution in [3.63, 3.8) is 0 Å². The molecule has 0 spiro atoms. The van der Waals surface area contributed by atoms with Crippen LogP contribution in [0.15, 0.2) is 52.1 Å². The fourth-order valence-electron chi connectivity index (χ4n) is 4.46. The predicted molar refractivity (Wildman–Crippen MR) is 95.0 cm³/mol. The van der Waals surface area contributed by atoms with E-state index < -0.39 is 27.4 Å². The zero-order valence-electron chi connectivity index (χ0n) is 13.5. The van der Waals surface area contributed by atoms with Crippen molar-refractivity contribution in [2.24, 2.45) is 5.41 Å². The SMILES string of the molecule is O=C(O)[C@]1(Cc2ccccc2)C[C@@H]2CC[C@H]1N2S(=O)(=O)c1cccs1. The lowest BCUT2D eigenvalue weighted by molar-refractivity contribution is -0.150. The van der Waals surface area contributed by atoms with Crippen molar-refractivity contribution in [1.29, 1.82) is 0 Å². The van der Waals surface area contributed by atoms with E-state index in [-0.39, 0.29) is 6.04 Å². The Bertz CT molecular complexity index is 879. The molecule has 25 heavy (non-hydrogen) atoms. The van der Waals surface area contributed by atoms with E-state index in [1.54, 1.807) is 17.5 Å². The molecule has 2 fully saturated rings. The molecule has 0 radical (unpaired) electrons. The first-order valence-electron chi connectivity index (χ1n) is 8.29. The number of hydrogen-bond donors (Lipinski definition) is 1. The summed E-state index contributed by atoms with van der Waals surface area (Å²) in [4.78, 5) is 12.3. The normalized spacial score (nSPS) is 29.1. The van der Waals surface area contributed by atoms with Crippen LogP contribution in [0.5, 0.6) is 0 Å². The third-order valence-electron chi connectivity index (χ3n) is 5.49. The fraction of sp³-hybridized carbons (Fsp3) is 0.389. The van der Waals surface area contributed by atoms with Gasteiger partial charge in [-0.3, -0.25) is 4.79 Å². The number of nitrogens with zero attached hydrogens (tertiary/aromatic N) is 1. The standard InChI is InChI=1S/C18H19NO4S2/c20-17(21)18(11-13-5-2-1-3-6-13)12-14-8-9-15(18)19(14)25(22,23)16-7-4-10-24-16/h1-7,10,14-15H,8-9,11-12H2,(H,20,21)/t14-,15+,18+/m0/s1. The zero-order valence-corrected chi connectivity index (χ0v) is 15.2. The van der Waals surface area contributed by atoms with Crippen molar-refractivity contribution in [3.8, 4) is 0 Å². The van der Waals surface area contributed by atoms with E-state index in [1.165, 1.54) is 15.6 Å². The van der Waals surface area contributed by atoms with Crippen LogP contribution in [0.3, 0.4) is 0 Å². The monoisotopic (exact) mass is 377 g/mol. The molecule has 4 rings (SSSR count). The lowest BCUT2D eigenvalue weighted by Crippen LogP contribution is -2.46. The highest BCUT2D eigenvalue weighted by Gasteiger charge is 2.63. The third kappa shape index (κ3) is 2.53. The number of sulfonamides is 1. The molecule has 0 aliphatic carbocycles. The number of carbonyl (C=O) groups is 1. The number of rotatable bonds is 5. The van der Waals surface area contributed by atoms with Crippen LogP contribution in [-0.2, 0) is 21.2 Å². The summed E-state index contributed by atoms with van der Waals surface area (Å²) in [5, 5.41) is 11.8. The molecule has 132 valence electrons. The molecule has 2 saturated heterocycles. The molecule has 3 heterocycles. The minimum absolute atomic E-state index is 0.225. The number of thiophene rings is 1. The first-order chi connectivity index (χ1) is 11.9. The molecule has 0 amide bonds. The second-order valence-electron chi connectivity index (χ2n) is 6.84. The molecule has 2 bridgehead atoms. The number of benzene rings is 1. The number of aliphatic carboxylic acids is 1. The Morgan fingerprint density at radius 3 is 2.60 bits per heavy atom. The van der Waals surface area contributed by atoms with Gasteiger partial charge in [-0.05, 0) is 42.7 Å². The van der Waals surface area contributed by atoms with Crippen LogP contribution in [-0.4, -0.2) is 35.9 Å². The molecule has 2 aliphatic rings. The summed E-state index contributed by atoms with van der Waals surface area (Å²) in [6.45, 7) is 0. The Morgan fingerprint density at radius 2 is 1.96 bits per heavy atom. The van der Waals surface area contributed by atoms with Gasteiger partial charge in [-0.25, -0.2) is 8.42 Å². The van der Waals surface area contributed by atoms with Crippen molar-refractivity contribution >= 4 is 27.3 Å². The van der Waals surface area contributed by atoms with Gasteiger partial charge in [0.05, 0.1) is 5.41 Å². The first-order valence-corrected chi connectivity index (χ1v) is 10.6. The van der Waals surface area contributed by atoms with Crippen LogP contribution in [0.25, 0.3) is 0 Å². The van der Waals surface area contributed by atoms with Crippen molar-refractivity contribution in [3.05, 3.63) is 53.4 Å². The van der Waals surface area contributed by atoms with Gasteiger partial charge in [0.1, 0.15) is 4.21 Å². The number of hydrogen-bond acceptors (Lipinski definition) is 4. The molecular formula is C18H19NO4S2. The maximum absolute atomic E-state index is 13.1. The van der Waals surface area contributed by atoms with Crippen molar-refractivity contribution in [2.75, 3.05) is 0 Å². The van der Waals surface area contributed by atoms with Gasteiger partial charge in [-0.2, -0.15) is 4.31 Å². The molecule has 5 nitrogen and oxygen atoms in total. The van der Waals surface area contributed by atoms with Gasteiger partial charge in [0.15, 0.2) is 0 Å². The molecule has 2 aliphatic heterocycles. The number of fused-ring (bicyclic) bond motifs is 2. The molecule has 1 N–H and O–H groups in total. The average molecular weight is 377 g/mol. The quantitative estimate of drug-likeness (QED) is 0.869. The molecule has 7 heteroatoms. The van der Waals surface area contributed by atoms with Gasteiger partial charge < -0.3 is 5.11 Å². The van der Waals surface area contributed by atoms with Crippen molar-refractivity contribution in [2.45, 2.75) is 42.0 Å². The summed E-state index contributed by atoms with van der Waals surface area (Å²) in [7, 11) is -3.64. The highest BCUT2D eigenvalue weighted by molar-refractivity contribution is 7.91. The van der Waals surface area contributed by atoms with E-state index in [1.807, 2.05) is 30.3 Å². The number of carboxylic acids is 1. The fourth-order valence-corrected chi connectivity index (χ4v) is 7.49. The van der Waals surface area contributed by atoms with Crippen molar-refractivity contribution in [1.82, 2.24) is 4.31 Å². The summed E-state index contributed by atoms with van der Waals surface area (Å²) in [5.41, 5.74) is -0.111. The van der Waals surface area contributed by atoms with Crippen LogP contribution in [0, 0.1) is 5.41 Å². The van der Waals surface area contributed by atoms with Gasteiger partial charge in [-0.1, -0.05) is 36.4 Å². The van der Waals surface area contributed by atoms with Crippen molar-refractivity contribution < 1.29 is 18.3 Å². The molecule has 2 aromatic rings. The maximum Gasteiger partial charge on any atom is 0.311 e. The van der Waals surface area contributed by atoms with E-state index in [0.717, 1.165) is 12.0 Å². The maximum atomic E-state index is 13.1. The largest absolute Gasteiger partial charge is 0.481 e. The highest BCUT2D eigenvalue weighted by atomic mass is 32.2. The van der Waals surface area contributed by atoms with Crippen LogP contribution in [0.2, 0.25) is 0 Å². The summed E-state index contributed by atoms with van der Waals surface area (Å²) < 4.78 is 27.9. The Hall–Kier alpha value is -1.70. The lowest BCUT2D eigenvalue weighted by atomic mass is 9.70. The first kappa shape index (κ1) is 16.8. The van der Waals surface area contributed by atoms with Gasteiger partial charge in [-0.15, -0.1) is 11.3 Å². The summed E-state index contributed by atoms with van der Waals surface area (Å²) in [5.74, 6) is -0.894. The molecule has 3 atom stereocenters. The van der Waals surface area contributed by atoms with Gasteiger partial charge in [0, 0.05) is 12.1 Å². The average Bonchev–Trinajstić information content (AvgIpc) is 3.31. The van der Waals surface area contributed by atoms with Gasteiger partial charge in [0.2, 0.25) is 0 Å². The highest BCUT2D eigenvalue weighted by Crippen LogP contribution is 2.54. The van der Waals surface area contributed by atoms with E-state index >= 15 is 0 Å². The van der Waals surface area contributed by atoms with Crippen LogP contribution in [0.1, 0.15) is 24.8 Å². The molecular weight excluding hydrogens is 358 g/mol. The Labute approximate surface area is 151 Å². The van der Waals surface area contributed by atoms with E-state index in [2.05, 4.69) is 0 Å².